The van der Waals surface area contributed by atoms with E-state index < -0.39 is 9.85 Å². The maximum Gasteiger partial charge on any atom is 0.324 e. The molecule has 32 heavy (non-hydrogen) atoms. The van der Waals surface area contributed by atoms with E-state index in [0.717, 1.165) is 22.7 Å². The molecule has 0 aliphatic carbocycles. The van der Waals surface area contributed by atoms with Crippen molar-refractivity contribution in [2.24, 2.45) is 0 Å². The van der Waals surface area contributed by atoms with Gasteiger partial charge in [0.2, 0.25) is 0 Å². The molecule has 3 heterocycles. The van der Waals surface area contributed by atoms with E-state index in [1.165, 1.54) is 19.2 Å². The molecule has 0 amide bonds. The molecule has 3 rings (SSSR count). The van der Waals surface area contributed by atoms with Crippen LogP contribution < -0.4 is 0 Å². The number of ketones is 1. The van der Waals surface area contributed by atoms with E-state index in [4.69, 9.17) is 0 Å². The zero-order valence-electron chi connectivity index (χ0n) is 17.0. The molecule has 0 unspecified atom stereocenters. The number of likely N-dealkylation sites (tertiary alicyclic amines) is 1. The van der Waals surface area contributed by atoms with Crippen LogP contribution in [0, 0.1) is 20.2 Å². The third kappa shape index (κ3) is 5.93. The van der Waals surface area contributed by atoms with Crippen LogP contribution in [-0.4, -0.2) is 53.2 Å². The van der Waals surface area contributed by atoms with Gasteiger partial charge in [-0.3, -0.25) is 34.7 Å². The minimum absolute atomic E-state index is 0.0172. The molecule has 1 saturated heterocycles. The van der Waals surface area contributed by atoms with Crippen molar-refractivity contribution < 1.29 is 24.2 Å². The number of nitro groups is 2. The van der Waals surface area contributed by atoms with Crippen LogP contribution in [0.15, 0.2) is 34.0 Å². The molecule has 1 aliphatic heterocycles. The van der Waals surface area contributed by atoms with Crippen LogP contribution in [0.4, 0.5) is 10.0 Å². The van der Waals surface area contributed by atoms with E-state index in [2.05, 4.69) is 4.74 Å². The molecular weight excluding hydrogens is 458 g/mol. The monoisotopic (exact) mass is 477 g/mol. The van der Waals surface area contributed by atoms with Gasteiger partial charge in [0.05, 0.1) is 17.0 Å². The molecule has 168 valence electrons. The predicted molar refractivity (Wildman–Crippen MR) is 121 cm³/mol. The van der Waals surface area contributed by atoms with E-state index in [1.54, 1.807) is 22.9 Å². The maximum atomic E-state index is 13.1. The first-order valence-corrected chi connectivity index (χ1v) is 11.2. The Bertz CT molecular complexity index is 1040. The summed E-state index contributed by atoms with van der Waals surface area (Å²) in [5, 5.41) is 25.1. The first-order chi connectivity index (χ1) is 15.3. The summed E-state index contributed by atoms with van der Waals surface area (Å²) in [7, 11) is 1.32. The van der Waals surface area contributed by atoms with Gasteiger partial charge in [-0.05, 0) is 36.2 Å². The highest BCUT2D eigenvalue weighted by Gasteiger charge is 2.27. The molecule has 1 fully saturated rings. The fourth-order valence-electron chi connectivity index (χ4n) is 3.24. The fraction of sp³-hybridized carbons (Fsp3) is 0.300. The number of thiophene rings is 2. The van der Waals surface area contributed by atoms with E-state index in [0.29, 0.717) is 48.3 Å². The lowest BCUT2D eigenvalue weighted by Gasteiger charge is -2.29. The number of carbonyl (C=O) groups excluding carboxylic acids is 2. The first-order valence-electron chi connectivity index (χ1n) is 9.47. The van der Waals surface area contributed by atoms with Gasteiger partial charge in [0.15, 0.2) is 5.78 Å². The highest BCUT2D eigenvalue weighted by Crippen LogP contribution is 2.29. The molecule has 0 saturated carbocycles. The summed E-state index contributed by atoms with van der Waals surface area (Å²) in [6.07, 6.45) is 4.03. The number of piperidine rings is 1. The van der Waals surface area contributed by atoms with Crippen LogP contribution in [0.2, 0.25) is 0 Å². The number of ether oxygens (including phenoxy) is 1. The summed E-state index contributed by atoms with van der Waals surface area (Å²) in [4.78, 5) is 47.4. The maximum absolute atomic E-state index is 13.1. The van der Waals surface area contributed by atoms with Crippen molar-refractivity contribution in [3.05, 3.63) is 65.4 Å². The van der Waals surface area contributed by atoms with Gasteiger partial charge in [0.1, 0.15) is 0 Å². The van der Waals surface area contributed by atoms with Crippen LogP contribution >= 0.6 is 22.7 Å². The smallest absolute Gasteiger partial charge is 0.324 e. The summed E-state index contributed by atoms with van der Waals surface area (Å²) >= 11 is 1.96. The van der Waals surface area contributed by atoms with Crippen LogP contribution in [0.3, 0.4) is 0 Å². The SMILES string of the molecule is COC(=O)CCCN1C/C(=C/c2csc([N+](=O)[O-])c2)C(=O)/C(=C\c2csc([N+](=O)[O-])c2)C1. The molecule has 0 atom stereocenters. The Morgan fingerprint density at radius 3 is 1.97 bits per heavy atom. The normalized spacial score (nSPS) is 17.1. The lowest BCUT2D eigenvalue weighted by atomic mass is 9.95. The molecule has 2 aromatic rings. The molecule has 1 aliphatic rings. The van der Waals surface area contributed by atoms with Crippen LogP contribution in [0.25, 0.3) is 12.2 Å². The minimum atomic E-state index is -0.483. The number of carbonyl (C=O) groups is 2. The predicted octanol–water partition coefficient (Wildman–Crippen LogP) is 3.93. The number of esters is 1. The Morgan fingerprint density at radius 1 is 1.06 bits per heavy atom. The Labute approximate surface area is 190 Å². The summed E-state index contributed by atoms with van der Waals surface area (Å²) in [6.45, 7) is 1.18. The zero-order valence-corrected chi connectivity index (χ0v) is 18.6. The summed E-state index contributed by atoms with van der Waals surface area (Å²) in [5.74, 6) is -0.530. The number of hydrogen-bond donors (Lipinski definition) is 0. The lowest BCUT2D eigenvalue weighted by molar-refractivity contribution is -0.380. The highest BCUT2D eigenvalue weighted by atomic mass is 32.1. The Balaban J connectivity index is 1.87. The second-order valence-electron chi connectivity index (χ2n) is 7.01. The van der Waals surface area contributed by atoms with E-state index in [-0.39, 0.29) is 28.2 Å². The summed E-state index contributed by atoms with van der Waals surface area (Å²) < 4.78 is 4.66. The van der Waals surface area contributed by atoms with Crippen molar-refractivity contribution >= 4 is 56.6 Å². The van der Waals surface area contributed by atoms with E-state index in [9.17, 15) is 29.8 Å². The molecular formula is C20H19N3O7S2. The van der Waals surface area contributed by atoms with Crippen molar-refractivity contribution in [1.82, 2.24) is 4.90 Å². The molecule has 0 spiro atoms. The van der Waals surface area contributed by atoms with Gasteiger partial charge in [0, 0.05) is 53.5 Å². The third-order valence-electron chi connectivity index (χ3n) is 4.71. The minimum Gasteiger partial charge on any atom is -0.469 e. The summed E-state index contributed by atoms with van der Waals surface area (Å²) in [5.41, 5.74) is 2.04. The topological polar surface area (TPSA) is 133 Å². The van der Waals surface area contributed by atoms with Gasteiger partial charge >= 0.3 is 16.0 Å². The molecule has 0 radical (unpaired) electrons. The number of Topliss-reactive ketones (excluding diaryl/α,β-unsaturated/α-hetero) is 1. The zero-order chi connectivity index (χ0) is 23.3. The molecule has 2 aromatic heterocycles. The van der Waals surface area contributed by atoms with Gasteiger partial charge in [-0.25, -0.2) is 0 Å². The average molecular weight is 478 g/mol. The van der Waals surface area contributed by atoms with E-state index in [1.807, 2.05) is 4.90 Å². The quantitative estimate of drug-likeness (QED) is 0.242. The van der Waals surface area contributed by atoms with Crippen molar-refractivity contribution in [2.45, 2.75) is 12.8 Å². The number of nitrogens with zero attached hydrogens (tertiary/aromatic N) is 3. The van der Waals surface area contributed by atoms with Crippen molar-refractivity contribution in [2.75, 3.05) is 26.7 Å². The molecule has 10 nitrogen and oxygen atoms in total. The fourth-order valence-corrected chi connectivity index (χ4v) is 4.61. The second-order valence-corrected chi connectivity index (χ2v) is 8.79. The highest BCUT2D eigenvalue weighted by molar-refractivity contribution is 7.13. The van der Waals surface area contributed by atoms with Crippen molar-refractivity contribution in [3.8, 4) is 0 Å². The number of methoxy groups -OCH3 is 1. The largest absolute Gasteiger partial charge is 0.469 e. The van der Waals surface area contributed by atoms with Crippen molar-refractivity contribution in [3.63, 3.8) is 0 Å². The van der Waals surface area contributed by atoms with Crippen LogP contribution in [0.1, 0.15) is 24.0 Å². The van der Waals surface area contributed by atoms with Gasteiger partial charge in [0.25, 0.3) is 0 Å². The molecule has 0 aromatic carbocycles. The molecule has 0 bridgehead atoms. The second kappa shape index (κ2) is 10.4. The average Bonchev–Trinajstić information content (AvgIpc) is 3.41. The van der Waals surface area contributed by atoms with Crippen LogP contribution in [-0.2, 0) is 14.3 Å². The third-order valence-corrected chi connectivity index (χ3v) is 6.50. The molecule has 0 N–H and O–H groups in total. The first kappa shape index (κ1) is 23.4. The van der Waals surface area contributed by atoms with Gasteiger partial charge in [-0.2, -0.15) is 0 Å². The van der Waals surface area contributed by atoms with Gasteiger partial charge in [-0.1, -0.05) is 22.7 Å². The van der Waals surface area contributed by atoms with Crippen LogP contribution in [0.5, 0.6) is 0 Å². The van der Waals surface area contributed by atoms with Gasteiger partial charge < -0.3 is 4.74 Å². The Morgan fingerprint density at radius 2 is 1.56 bits per heavy atom. The lowest BCUT2D eigenvalue weighted by Crippen LogP contribution is -2.38. The summed E-state index contributed by atoms with van der Waals surface area (Å²) in [6, 6.07) is 2.82. The Kier molecular flexibility index (Phi) is 7.62. The standard InChI is InChI=1S/C20H19N3O7S2/c1-30-19(24)3-2-4-21-9-15(5-13-7-17(22(26)27)31-11-13)20(25)16(10-21)6-14-8-18(23(28)29)32-12-14/h5-8,11-12H,2-4,9-10H2,1H3/b15-5-,16-6-. The van der Waals surface area contributed by atoms with Crippen molar-refractivity contribution in [1.29, 1.82) is 0 Å². The molecule has 12 heteroatoms. The van der Waals surface area contributed by atoms with E-state index >= 15 is 0 Å². The Hall–Kier alpha value is -3.22. The number of rotatable bonds is 8. The number of hydrogen-bond acceptors (Lipinski definition) is 10. The van der Waals surface area contributed by atoms with Gasteiger partial charge in [-0.15, -0.1) is 0 Å².